The van der Waals surface area contributed by atoms with Crippen LogP contribution in [0.4, 0.5) is 0 Å². The molecule has 0 saturated heterocycles. The molecule has 1 aromatic carbocycles. The van der Waals surface area contributed by atoms with Gasteiger partial charge in [0.15, 0.2) is 12.0 Å². The quantitative estimate of drug-likeness (QED) is 0.614. The van der Waals surface area contributed by atoms with E-state index in [-0.39, 0.29) is 5.41 Å². The van der Waals surface area contributed by atoms with E-state index in [1.807, 2.05) is 12.1 Å². The Balaban J connectivity index is 2.75. The van der Waals surface area contributed by atoms with Crippen molar-refractivity contribution in [1.29, 1.82) is 0 Å². The van der Waals surface area contributed by atoms with E-state index in [4.69, 9.17) is 4.42 Å². The first-order valence-corrected chi connectivity index (χ1v) is 4.42. The molecule has 0 unspecified atom stereocenters. The summed E-state index contributed by atoms with van der Waals surface area (Å²) in [6, 6.07) is 6.05. The number of hydrogen-bond acceptors (Lipinski definition) is 2. The van der Waals surface area contributed by atoms with Gasteiger partial charge in [-0.3, -0.25) is 0 Å². The minimum absolute atomic E-state index is 0.121. The second-order valence-corrected chi connectivity index (χ2v) is 4.25. The van der Waals surface area contributed by atoms with Gasteiger partial charge in [0, 0.05) is 0 Å². The van der Waals surface area contributed by atoms with Crippen molar-refractivity contribution in [2.24, 2.45) is 0 Å². The van der Waals surface area contributed by atoms with E-state index in [9.17, 15) is 0 Å². The smallest absolute Gasteiger partial charge is 0.181 e. The molecule has 0 amide bonds. The third kappa shape index (κ3) is 1.32. The topological polar surface area (TPSA) is 26.0 Å². The van der Waals surface area contributed by atoms with E-state index in [0.717, 1.165) is 11.1 Å². The first-order chi connectivity index (χ1) is 6.09. The van der Waals surface area contributed by atoms with Crippen molar-refractivity contribution in [3.63, 3.8) is 0 Å². The lowest BCUT2D eigenvalue weighted by atomic mass is 9.86. The summed E-state index contributed by atoms with van der Waals surface area (Å²) in [6.07, 6.45) is 1.50. The molecule has 0 fully saturated rings. The van der Waals surface area contributed by atoms with Crippen LogP contribution in [0.25, 0.3) is 11.1 Å². The van der Waals surface area contributed by atoms with Gasteiger partial charge in [0.05, 0.1) is 0 Å². The van der Waals surface area contributed by atoms with E-state index < -0.39 is 0 Å². The Morgan fingerprint density at radius 2 is 2.00 bits per heavy atom. The molecule has 0 spiro atoms. The molecule has 1 heterocycles. The van der Waals surface area contributed by atoms with Crippen LogP contribution in [-0.4, -0.2) is 4.98 Å². The maximum absolute atomic E-state index is 5.24. The van der Waals surface area contributed by atoms with Crippen molar-refractivity contribution in [1.82, 2.24) is 4.98 Å². The van der Waals surface area contributed by atoms with Gasteiger partial charge < -0.3 is 4.42 Å². The number of nitrogens with zero attached hydrogens (tertiary/aromatic N) is 1. The van der Waals surface area contributed by atoms with Gasteiger partial charge in [-0.25, -0.2) is 4.98 Å². The van der Waals surface area contributed by atoms with Gasteiger partial charge in [-0.1, -0.05) is 32.9 Å². The van der Waals surface area contributed by atoms with Crippen LogP contribution in [0.5, 0.6) is 0 Å². The van der Waals surface area contributed by atoms with Crippen LogP contribution in [0.1, 0.15) is 26.3 Å². The lowest BCUT2D eigenvalue weighted by Crippen LogP contribution is -2.11. The molecule has 0 saturated carbocycles. The molecule has 2 rings (SSSR count). The average Bonchev–Trinajstić information content (AvgIpc) is 2.48. The fourth-order valence-electron chi connectivity index (χ4n) is 1.49. The molecule has 1 aromatic heterocycles. The largest absolute Gasteiger partial charge is 0.443 e. The number of hydrogen-bond donors (Lipinski definition) is 0. The summed E-state index contributed by atoms with van der Waals surface area (Å²) in [5.74, 6) is 0. The predicted molar refractivity (Wildman–Crippen MR) is 52.7 cm³/mol. The lowest BCUT2D eigenvalue weighted by Gasteiger charge is -2.18. The molecule has 13 heavy (non-hydrogen) atoms. The van der Waals surface area contributed by atoms with Crippen molar-refractivity contribution < 1.29 is 4.42 Å². The Bertz CT molecular complexity index is 423. The monoisotopic (exact) mass is 175 g/mol. The van der Waals surface area contributed by atoms with Crippen molar-refractivity contribution >= 4 is 11.1 Å². The third-order valence-electron chi connectivity index (χ3n) is 2.17. The minimum atomic E-state index is 0.121. The molecular formula is C11H13NO. The molecule has 0 atom stereocenters. The second-order valence-electron chi connectivity index (χ2n) is 4.25. The number of para-hydroxylation sites is 1. The van der Waals surface area contributed by atoms with E-state index in [0.29, 0.717) is 0 Å². The van der Waals surface area contributed by atoms with Crippen LogP contribution >= 0.6 is 0 Å². The third-order valence-corrected chi connectivity index (χ3v) is 2.17. The molecule has 0 aliphatic carbocycles. The van der Waals surface area contributed by atoms with Gasteiger partial charge in [-0.15, -0.1) is 0 Å². The highest BCUT2D eigenvalue weighted by Gasteiger charge is 2.18. The van der Waals surface area contributed by atoms with E-state index in [1.165, 1.54) is 12.0 Å². The molecule has 68 valence electrons. The van der Waals surface area contributed by atoms with Crippen LogP contribution in [-0.2, 0) is 5.41 Å². The highest BCUT2D eigenvalue weighted by Crippen LogP contribution is 2.28. The van der Waals surface area contributed by atoms with Crippen molar-refractivity contribution in [3.8, 4) is 0 Å². The van der Waals surface area contributed by atoms with Crippen LogP contribution in [0.3, 0.4) is 0 Å². The number of rotatable bonds is 0. The fraction of sp³-hybridized carbons (Fsp3) is 0.364. The molecule has 0 bridgehead atoms. The van der Waals surface area contributed by atoms with E-state index in [2.05, 4.69) is 31.8 Å². The first-order valence-electron chi connectivity index (χ1n) is 4.42. The highest BCUT2D eigenvalue weighted by molar-refractivity contribution is 5.77. The summed E-state index contributed by atoms with van der Waals surface area (Å²) in [6.45, 7) is 6.53. The number of fused-ring (bicyclic) bond motifs is 1. The summed E-state index contributed by atoms with van der Waals surface area (Å²) in [4.78, 5) is 4.22. The SMILES string of the molecule is CC(C)(C)c1cccc2ocnc12. The summed E-state index contributed by atoms with van der Waals surface area (Å²) >= 11 is 0. The van der Waals surface area contributed by atoms with Crippen molar-refractivity contribution in [2.45, 2.75) is 26.2 Å². The van der Waals surface area contributed by atoms with Crippen LogP contribution in [0, 0.1) is 0 Å². The Morgan fingerprint density at radius 3 is 2.69 bits per heavy atom. The van der Waals surface area contributed by atoms with E-state index in [1.54, 1.807) is 0 Å². The molecule has 2 nitrogen and oxygen atoms in total. The molecule has 0 radical (unpaired) electrons. The summed E-state index contributed by atoms with van der Waals surface area (Å²) in [5, 5.41) is 0. The number of oxazole rings is 1. The zero-order valence-corrected chi connectivity index (χ0v) is 8.16. The lowest BCUT2D eigenvalue weighted by molar-refractivity contribution is 0.592. The van der Waals surface area contributed by atoms with Gasteiger partial charge in [-0.2, -0.15) is 0 Å². The first kappa shape index (κ1) is 8.30. The van der Waals surface area contributed by atoms with Crippen molar-refractivity contribution in [3.05, 3.63) is 30.2 Å². The summed E-state index contributed by atoms with van der Waals surface area (Å²) in [7, 11) is 0. The molecule has 0 aliphatic rings. The van der Waals surface area contributed by atoms with Gasteiger partial charge >= 0.3 is 0 Å². The molecule has 0 N–H and O–H groups in total. The van der Waals surface area contributed by atoms with Crippen molar-refractivity contribution in [2.75, 3.05) is 0 Å². The standard InChI is InChI=1S/C11H13NO/c1-11(2,3)8-5-4-6-9-10(8)12-7-13-9/h4-7H,1-3H3. The Labute approximate surface area is 77.6 Å². The molecule has 0 aliphatic heterocycles. The van der Waals surface area contributed by atoms with Gasteiger partial charge in [0.2, 0.25) is 0 Å². The van der Waals surface area contributed by atoms with E-state index >= 15 is 0 Å². The minimum Gasteiger partial charge on any atom is -0.443 e. The number of aromatic nitrogens is 1. The Morgan fingerprint density at radius 1 is 1.23 bits per heavy atom. The molecule has 2 heteroatoms. The normalized spacial score (nSPS) is 12.2. The average molecular weight is 175 g/mol. The predicted octanol–water partition coefficient (Wildman–Crippen LogP) is 3.13. The van der Waals surface area contributed by atoms with Crippen LogP contribution < -0.4 is 0 Å². The summed E-state index contributed by atoms with van der Waals surface area (Å²) in [5.41, 5.74) is 3.21. The van der Waals surface area contributed by atoms with Gasteiger partial charge in [0.25, 0.3) is 0 Å². The maximum atomic E-state index is 5.24. The summed E-state index contributed by atoms with van der Waals surface area (Å²) < 4.78 is 5.24. The molecular weight excluding hydrogens is 162 g/mol. The molecule has 2 aromatic rings. The van der Waals surface area contributed by atoms with Gasteiger partial charge in [-0.05, 0) is 17.0 Å². The Kier molecular flexibility index (Phi) is 1.65. The Hall–Kier alpha value is -1.31. The fourth-order valence-corrected chi connectivity index (χ4v) is 1.49. The zero-order chi connectivity index (χ0) is 9.47. The highest BCUT2D eigenvalue weighted by atomic mass is 16.3. The van der Waals surface area contributed by atoms with Crippen LogP contribution in [0.15, 0.2) is 29.0 Å². The number of benzene rings is 1. The zero-order valence-electron chi connectivity index (χ0n) is 8.16. The van der Waals surface area contributed by atoms with Gasteiger partial charge in [0.1, 0.15) is 5.52 Å². The maximum Gasteiger partial charge on any atom is 0.181 e. The second kappa shape index (κ2) is 2.59. The van der Waals surface area contributed by atoms with Crippen LogP contribution in [0.2, 0.25) is 0 Å².